The summed E-state index contributed by atoms with van der Waals surface area (Å²) in [5, 5.41) is 2.60. The zero-order valence-corrected chi connectivity index (χ0v) is 10.1. The number of hydrogen-bond donors (Lipinski definition) is 2. The Morgan fingerprint density at radius 2 is 2.12 bits per heavy atom. The van der Waals surface area contributed by atoms with Crippen LogP contribution in [-0.4, -0.2) is 27.9 Å². The molecule has 0 saturated carbocycles. The Morgan fingerprint density at radius 3 is 2.71 bits per heavy atom. The molecule has 0 atom stereocenters. The van der Waals surface area contributed by atoms with Crippen molar-refractivity contribution in [2.24, 2.45) is 0 Å². The fraction of sp³-hybridized carbons (Fsp3) is 0.556. The lowest BCUT2D eigenvalue weighted by Gasteiger charge is -2.03. The summed E-state index contributed by atoms with van der Waals surface area (Å²) in [7, 11) is -3.98. The molecule has 0 amide bonds. The van der Waals surface area contributed by atoms with Gasteiger partial charge in [0.15, 0.2) is 0 Å². The molecule has 98 valence electrons. The second-order valence-corrected chi connectivity index (χ2v) is 4.94. The summed E-state index contributed by atoms with van der Waals surface area (Å²) in [5.74, 6) is 0.435. The molecular formula is C9H14F2N2O3S. The summed E-state index contributed by atoms with van der Waals surface area (Å²) >= 11 is 0. The molecule has 0 aliphatic carbocycles. The van der Waals surface area contributed by atoms with Crippen LogP contribution < -0.4 is 10.0 Å². The van der Waals surface area contributed by atoms with E-state index in [1.807, 2.05) is 6.92 Å². The average molecular weight is 268 g/mol. The SMILES string of the molecule is CCNCc1ccc(S(=O)(=O)NCC(F)F)o1. The van der Waals surface area contributed by atoms with Crippen LogP contribution in [0.3, 0.4) is 0 Å². The van der Waals surface area contributed by atoms with Crippen LogP contribution in [0.25, 0.3) is 0 Å². The molecule has 0 spiro atoms. The number of rotatable bonds is 7. The standard InChI is InChI=1S/C9H14F2N2O3S/c1-2-12-5-7-3-4-9(16-7)17(14,15)13-6-8(10)11/h3-4,8,12-13H,2,5-6H2,1H3. The molecule has 0 saturated heterocycles. The number of alkyl halides is 2. The van der Waals surface area contributed by atoms with Gasteiger partial charge in [-0.1, -0.05) is 6.92 Å². The Morgan fingerprint density at radius 1 is 1.41 bits per heavy atom. The minimum atomic E-state index is -3.98. The molecule has 0 aliphatic heterocycles. The van der Waals surface area contributed by atoms with Crippen LogP contribution in [0.5, 0.6) is 0 Å². The van der Waals surface area contributed by atoms with E-state index in [1.54, 1.807) is 4.72 Å². The summed E-state index contributed by atoms with van der Waals surface area (Å²) in [5.41, 5.74) is 0. The first kappa shape index (κ1) is 14.1. The molecule has 8 heteroatoms. The van der Waals surface area contributed by atoms with Crippen molar-refractivity contribution >= 4 is 10.0 Å². The van der Waals surface area contributed by atoms with E-state index in [4.69, 9.17) is 4.42 Å². The third-order valence-electron chi connectivity index (χ3n) is 1.88. The van der Waals surface area contributed by atoms with E-state index in [9.17, 15) is 17.2 Å². The Balaban J connectivity index is 2.68. The normalized spacial score (nSPS) is 12.2. The zero-order chi connectivity index (χ0) is 12.9. The highest BCUT2D eigenvalue weighted by molar-refractivity contribution is 7.89. The summed E-state index contributed by atoms with van der Waals surface area (Å²) in [6.07, 6.45) is -2.74. The maximum absolute atomic E-state index is 11.9. The number of sulfonamides is 1. The van der Waals surface area contributed by atoms with E-state index in [0.29, 0.717) is 18.8 Å². The molecule has 0 aromatic carbocycles. The quantitative estimate of drug-likeness (QED) is 0.772. The Bertz CT molecular complexity index is 445. The van der Waals surface area contributed by atoms with Gasteiger partial charge in [-0.05, 0) is 18.7 Å². The van der Waals surface area contributed by atoms with E-state index in [2.05, 4.69) is 5.32 Å². The summed E-state index contributed by atoms with van der Waals surface area (Å²) in [6, 6.07) is 2.72. The lowest BCUT2D eigenvalue weighted by Crippen LogP contribution is -2.28. The molecule has 0 radical (unpaired) electrons. The van der Waals surface area contributed by atoms with Gasteiger partial charge in [0.1, 0.15) is 5.76 Å². The number of halogens is 2. The van der Waals surface area contributed by atoms with E-state index in [-0.39, 0.29) is 5.09 Å². The van der Waals surface area contributed by atoms with Crippen molar-refractivity contribution in [3.05, 3.63) is 17.9 Å². The fourth-order valence-corrected chi connectivity index (χ4v) is 2.04. The molecule has 1 heterocycles. The highest BCUT2D eigenvalue weighted by Gasteiger charge is 2.19. The molecule has 0 aliphatic rings. The monoisotopic (exact) mass is 268 g/mol. The predicted molar refractivity (Wildman–Crippen MR) is 57.3 cm³/mol. The summed E-state index contributed by atoms with van der Waals surface area (Å²) in [6.45, 7) is 2.07. The van der Waals surface area contributed by atoms with E-state index < -0.39 is 23.0 Å². The highest BCUT2D eigenvalue weighted by Crippen LogP contribution is 2.13. The van der Waals surface area contributed by atoms with Crippen molar-refractivity contribution in [1.29, 1.82) is 0 Å². The largest absolute Gasteiger partial charge is 0.447 e. The van der Waals surface area contributed by atoms with Gasteiger partial charge in [-0.15, -0.1) is 0 Å². The lowest BCUT2D eigenvalue weighted by atomic mass is 10.4. The van der Waals surface area contributed by atoms with Crippen molar-refractivity contribution in [3.63, 3.8) is 0 Å². The molecule has 0 unspecified atom stereocenters. The van der Waals surface area contributed by atoms with Gasteiger partial charge in [0, 0.05) is 0 Å². The second-order valence-electron chi connectivity index (χ2n) is 3.24. The number of furan rings is 1. The van der Waals surface area contributed by atoms with Crippen LogP contribution in [0.2, 0.25) is 0 Å². The molecule has 17 heavy (non-hydrogen) atoms. The second kappa shape index (κ2) is 6.08. The maximum Gasteiger partial charge on any atom is 0.274 e. The van der Waals surface area contributed by atoms with E-state index in [0.717, 1.165) is 0 Å². The fourth-order valence-electron chi connectivity index (χ4n) is 1.09. The van der Waals surface area contributed by atoms with Gasteiger partial charge in [-0.3, -0.25) is 0 Å². The van der Waals surface area contributed by atoms with Crippen molar-refractivity contribution < 1.29 is 21.6 Å². The van der Waals surface area contributed by atoms with Crippen molar-refractivity contribution in [3.8, 4) is 0 Å². The molecule has 0 bridgehead atoms. The third-order valence-corrected chi connectivity index (χ3v) is 3.17. The topological polar surface area (TPSA) is 71.3 Å². The first-order chi connectivity index (χ1) is 7.95. The van der Waals surface area contributed by atoms with Gasteiger partial charge < -0.3 is 9.73 Å². The zero-order valence-electron chi connectivity index (χ0n) is 9.24. The summed E-state index contributed by atoms with van der Waals surface area (Å²) < 4.78 is 53.5. The average Bonchev–Trinajstić information content (AvgIpc) is 2.73. The molecule has 1 aromatic heterocycles. The van der Waals surface area contributed by atoms with Gasteiger partial charge in [0.2, 0.25) is 5.09 Å². The first-order valence-corrected chi connectivity index (χ1v) is 6.51. The van der Waals surface area contributed by atoms with Crippen LogP contribution in [-0.2, 0) is 16.6 Å². The molecule has 0 fully saturated rings. The third kappa shape index (κ3) is 4.41. The van der Waals surface area contributed by atoms with Crippen molar-refractivity contribution in [2.45, 2.75) is 25.0 Å². The molecule has 1 aromatic rings. The molecule has 5 nitrogen and oxygen atoms in total. The van der Waals surface area contributed by atoms with Crippen LogP contribution in [0.15, 0.2) is 21.6 Å². The predicted octanol–water partition coefficient (Wildman–Crippen LogP) is 0.932. The smallest absolute Gasteiger partial charge is 0.274 e. The van der Waals surface area contributed by atoms with Crippen molar-refractivity contribution in [1.82, 2.24) is 10.0 Å². The van der Waals surface area contributed by atoms with E-state index >= 15 is 0 Å². The molecule has 1 rings (SSSR count). The molecular weight excluding hydrogens is 254 g/mol. The van der Waals surface area contributed by atoms with Crippen LogP contribution in [0.1, 0.15) is 12.7 Å². The van der Waals surface area contributed by atoms with Gasteiger partial charge in [0.05, 0.1) is 13.1 Å². The molecule has 2 N–H and O–H groups in total. The Labute approximate surface area is 98.2 Å². The van der Waals surface area contributed by atoms with Gasteiger partial charge in [-0.25, -0.2) is 21.9 Å². The van der Waals surface area contributed by atoms with Gasteiger partial charge in [0.25, 0.3) is 16.4 Å². The van der Waals surface area contributed by atoms with Crippen LogP contribution in [0.4, 0.5) is 8.78 Å². The highest BCUT2D eigenvalue weighted by atomic mass is 32.2. The summed E-state index contributed by atoms with van der Waals surface area (Å²) in [4.78, 5) is 0. The minimum absolute atomic E-state index is 0.356. The minimum Gasteiger partial charge on any atom is -0.447 e. The number of hydrogen-bond acceptors (Lipinski definition) is 4. The van der Waals surface area contributed by atoms with Crippen LogP contribution >= 0.6 is 0 Å². The lowest BCUT2D eigenvalue weighted by molar-refractivity contribution is 0.153. The van der Waals surface area contributed by atoms with Gasteiger partial charge in [-0.2, -0.15) is 0 Å². The Hall–Kier alpha value is -0.990. The first-order valence-electron chi connectivity index (χ1n) is 5.03. The van der Waals surface area contributed by atoms with E-state index in [1.165, 1.54) is 12.1 Å². The van der Waals surface area contributed by atoms with Crippen molar-refractivity contribution in [2.75, 3.05) is 13.1 Å². The number of nitrogens with one attached hydrogen (secondary N) is 2. The maximum atomic E-state index is 11.9. The van der Waals surface area contributed by atoms with Crippen LogP contribution in [0, 0.1) is 0 Å². The van der Waals surface area contributed by atoms with Gasteiger partial charge >= 0.3 is 0 Å². The Kier molecular flexibility index (Phi) is 5.03.